The van der Waals surface area contributed by atoms with Gasteiger partial charge in [0.1, 0.15) is 0 Å². The van der Waals surface area contributed by atoms with Crippen molar-refractivity contribution >= 4 is 23.2 Å². The standard InChI is InChI=1S/C14H16ClN3O/c15-11-4-3-10(9-16)7-12(11)18-13(19)8-14(17)5-1-2-6-14/h3-4,7H,1-2,5-6,8,17H2,(H,18,19). The molecule has 19 heavy (non-hydrogen) atoms. The fourth-order valence-electron chi connectivity index (χ4n) is 2.46. The Morgan fingerprint density at radius 3 is 2.79 bits per heavy atom. The molecule has 0 heterocycles. The molecule has 1 aromatic rings. The number of nitriles is 1. The lowest BCUT2D eigenvalue weighted by molar-refractivity contribution is -0.117. The first-order chi connectivity index (χ1) is 9.02. The Morgan fingerprint density at radius 1 is 1.47 bits per heavy atom. The molecule has 1 aliphatic carbocycles. The summed E-state index contributed by atoms with van der Waals surface area (Å²) in [6.07, 6.45) is 4.21. The Balaban J connectivity index is 2.04. The van der Waals surface area contributed by atoms with Crippen molar-refractivity contribution < 1.29 is 4.79 Å². The van der Waals surface area contributed by atoms with Gasteiger partial charge >= 0.3 is 0 Å². The minimum atomic E-state index is -0.386. The molecule has 5 heteroatoms. The number of rotatable bonds is 3. The van der Waals surface area contributed by atoms with E-state index in [-0.39, 0.29) is 11.4 Å². The first-order valence-corrected chi connectivity index (χ1v) is 6.69. The second-order valence-corrected chi connectivity index (χ2v) is 5.51. The lowest BCUT2D eigenvalue weighted by Gasteiger charge is -2.22. The summed E-state index contributed by atoms with van der Waals surface area (Å²) in [5.74, 6) is -0.151. The van der Waals surface area contributed by atoms with E-state index in [9.17, 15) is 4.79 Å². The number of benzene rings is 1. The molecule has 4 nitrogen and oxygen atoms in total. The second kappa shape index (κ2) is 5.60. The van der Waals surface area contributed by atoms with Gasteiger partial charge in [-0.1, -0.05) is 24.4 Å². The molecule has 0 atom stereocenters. The molecule has 0 bridgehead atoms. The minimum absolute atomic E-state index is 0.151. The Bertz CT molecular complexity index is 530. The minimum Gasteiger partial charge on any atom is -0.325 e. The Morgan fingerprint density at radius 2 is 2.16 bits per heavy atom. The number of halogens is 1. The molecule has 0 aliphatic heterocycles. The average Bonchev–Trinajstić information content (AvgIpc) is 2.78. The normalized spacial score (nSPS) is 16.9. The maximum Gasteiger partial charge on any atom is 0.226 e. The fraction of sp³-hybridized carbons (Fsp3) is 0.429. The van der Waals surface area contributed by atoms with Crippen molar-refractivity contribution in [2.75, 3.05) is 5.32 Å². The van der Waals surface area contributed by atoms with Crippen LogP contribution in [0.2, 0.25) is 5.02 Å². The number of carbonyl (C=O) groups excluding carboxylic acids is 1. The number of nitrogens with two attached hydrogens (primary N) is 1. The van der Waals surface area contributed by atoms with Gasteiger partial charge < -0.3 is 11.1 Å². The van der Waals surface area contributed by atoms with Crippen molar-refractivity contribution in [1.29, 1.82) is 5.26 Å². The van der Waals surface area contributed by atoms with Crippen molar-refractivity contribution in [3.63, 3.8) is 0 Å². The van der Waals surface area contributed by atoms with Gasteiger partial charge in [-0.3, -0.25) is 4.79 Å². The molecule has 0 saturated heterocycles. The fourth-order valence-corrected chi connectivity index (χ4v) is 2.63. The molecule has 0 radical (unpaired) electrons. The smallest absolute Gasteiger partial charge is 0.226 e. The number of hydrogen-bond donors (Lipinski definition) is 2. The number of amides is 1. The lowest BCUT2D eigenvalue weighted by atomic mass is 9.94. The highest BCUT2D eigenvalue weighted by Crippen LogP contribution is 2.31. The van der Waals surface area contributed by atoms with Crippen LogP contribution < -0.4 is 11.1 Å². The Labute approximate surface area is 117 Å². The maximum atomic E-state index is 12.0. The zero-order valence-corrected chi connectivity index (χ0v) is 11.3. The maximum absolute atomic E-state index is 12.0. The first-order valence-electron chi connectivity index (χ1n) is 6.31. The van der Waals surface area contributed by atoms with Crippen LogP contribution in [0.3, 0.4) is 0 Å². The van der Waals surface area contributed by atoms with Gasteiger partial charge in [0.15, 0.2) is 0 Å². The summed E-state index contributed by atoms with van der Waals surface area (Å²) in [5, 5.41) is 12.0. The van der Waals surface area contributed by atoms with Crippen molar-refractivity contribution in [2.24, 2.45) is 5.73 Å². The second-order valence-electron chi connectivity index (χ2n) is 5.10. The van der Waals surface area contributed by atoms with Gasteiger partial charge in [-0.2, -0.15) is 5.26 Å². The van der Waals surface area contributed by atoms with E-state index in [1.165, 1.54) is 0 Å². The Kier molecular flexibility index (Phi) is 4.08. The van der Waals surface area contributed by atoms with Gasteiger partial charge in [-0.25, -0.2) is 0 Å². The summed E-state index contributed by atoms with van der Waals surface area (Å²) in [6.45, 7) is 0. The van der Waals surface area contributed by atoms with E-state index in [1.807, 2.05) is 6.07 Å². The van der Waals surface area contributed by atoms with Crippen LogP contribution in [0.15, 0.2) is 18.2 Å². The van der Waals surface area contributed by atoms with Gasteiger partial charge in [0.25, 0.3) is 0 Å². The van der Waals surface area contributed by atoms with Crippen LogP contribution in [-0.4, -0.2) is 11.4 Å². The SMILES string of the molecule is N#Cc1ccc(Cl)c(NC(=O)CC2(N)CCCC2)c1. The van der Waals surface area contributed by atoms with E-state index in [4.69, 9.17) is 22.6 Å². The zero-order valence-electron chi connectivity index (χ0n) is 10.6. The van der Waals surface area contributed by atoms with E-state index >= 15 is 0 Å². The van der Waals surface area contributed by atoms with Crippen LogP contribution in [0.4, 0.5) is 5.69 Å². The number of nitrogens with zero attached hydrogens (tertiary/aromatic N) is 1. The molecule has 1 aromatic carbocycles. The molecule has 1 aliphatic rings. The number of nitrogens with one attached hydrogen (secondary N) is 1. The Hall–Kier alpha value is -1.57. The molecule has 1 saturated carbocycles. The molecule has 2 rings (SSSR count). The predicted octanol–water partition coefficient (Wildman–Crippen LogP) is 2.81. The summed E-state index contributed by atoms with van der Waals surface area (Å²) < 4.78 is 0. The first kappa shape index (κ1) is 13.9. The zero-order chi connectivity index (χ0) is 13.9. The van der Waals surface area contributed by atoms with Crippen molar-refractivity contribution in [2.45, 2.75) is 37.6 Å². The van der Waals surface area contributed by atoms with Gasteiger partial charge in [-0.05, 0) is 31.0 Å². The monoisotopic (exact) mass is 277 g/mol. The molecule has 3 N–H and O–H groups in total. The molecular formula is C14H16ClN3O. The third-order valence-electron chi connectivity index (χ3n) is 3.48. The summed E-state index contributed by atoms with van der Waals surface area (Å²) in [6, 6.07) is 6.79. The van der Waals surface area contributed by atoms with Crippen molar-refractivity contribution in [1.82, 2.24) is 0 Å². The van der Waals surface area contributed by atoms with Crippen LogP contribution >= 0.6 is 11.6 Å². The number of anilines is 1. The van der Waals surface area contributed by atoms with Crippen molar-refractivity contribution in [3.8, 4) is 6.07 Å². The van der Waals surface area contributed by atoms with Crippen LogP contribution in [-0.2, 0) is 4.79 Å². The van der Waals surface area contributed by atoms with E-state index in [0.29, 0.717) is 22.7 Å². The van der Waals surface area contributed by atoms with Gasteiger partial charge in [0.05, 0.1) is 22.3 Å². The number of carbonyl (C=O) groups is 1. The van der Waals surface area contributed by atoms with Crippen LogP contribution in [0, 0.1) is 11.3 Å². The lowest BCUT2D eigenvalue weighted by Crippen LogP contribution is -2.40. The van der Waals surface area contributed by atoms with Crippen LogP contribution in [0.5, 0.6) is 0 Å². The highest BCUT2D eigenvalue weighted by Gasteiger charge is 2.31. The predicted molar refractivity (Wildman–Crippen MR) is 74.8 cm³/mol. The van der Waals surface area contributed by atoms with E-state index in [2.05, 4.69) is 5.32 Å². The highest BCUT2D eigenvalue weighted by molar-refractivity contribution is 6.33. The molecular weight excluding hydrogens is 262 g/mol. The third kappa shape index (κ3) is 3.46. The quantitative estimate of drug-likeness (QED) is 0.892. The molecule has 0 unspecified atom stereocenters. The molecule has 1 fully saturated rings. The molecule has 1 amide bonds. The molecule has 0 aromatic heterocycles. The molecule has 0 spiro atoms. The average molecular weight is 278 g/mol. The van der Waals surface area contributed by atoms with Gasteiger partial charge in [0.2, 0.25) is 5.91 Å². The third-order valence-corrected chi connectivity index (χ3v) is 3.81. The summed E-state index contributed by atoms with van der Waals surface area (Å²) in [7, 11) is 0. The summed E-state index contributed by atoms with van der Waals surface area (Å²) in [4.78, 5) is 12.0. The summed E-state index contributed by atoms with van der Waals surface area (Å²) >= 11 is 5.99. The largest absolute Gasteiger partial charge is 0.325 e. The molecule has 100 valence electrons. The van der Waals surface area contributed by atoms with E-state index < -0.39 is 0 Å². The highest BCUT2D eigenvalue weighted by atomic mass is 35.5. The van der Waals surface area contributed by atoms with Crippen LogP contribution in [0.1, 0.15) is 37.7 Å². The van der Waals surface area contributed by atoms with Crippen molar-refractivity contribution in [3.05, 3.63) is 28.8 Å². The van der Waals surface area contributed by atoms with Gasteiger partial charge in [0, 0.05) is 12.0 Å². The van der Waals surface area contributed by atoms with Crippen LogP contribution in [0.25, 0.3) is 0 Å². The topological polar surface area (TPSA) is 78.9 Å². The number of hydrogen-bond acceptors (Lipinski definition) is 3. The van der Waals surface area contributed by atoms with E-state index in [1.54, 1.807) is 18.2 Å². The van der Waals surface area contributed by atoms with E-state index in [0.717, 1.165) is 25.7 Å². The summed E-state index contributed by atoms with van der Waals surface area (Å²) in [5.41, 5.74) is 6.70. The van der Waals surface area contributed by atoms with Gasteiger partial charge in [-0.15, -0.1) is 0 Å².